The van der Waals surface area contributed by atoms with Crippen LogP contribution in [0.4, 0.5) is 0 Å². The standard InChI is InChI=1S/C16H18Cl2O4/c1-8-5-9-13(20)16(22,7-18)11(8)12-14(9,2)4-3-10(19)15(12,21)6-17/h3-5,9,11-12,21-22H,6-7H2,1-2H3. The third-order valence-electron chi connectivity index (χ3n) is 5.76. The van der Waals surface area contributed by atoms with Crippen molar-refractivity contribution in [3.63, 3.8) is 0 Å². The Morgan fingerprint density at radius 1 is 1.18 bits per heavy atom. The molecular formula is C16H18Cl2O4. The lowest BCUT2D eigenvalue weighted by atomic mass is 9.42. The smallest absolute Gasteiger partial charge is 0.188 e. The number of halogens is 2. The van der Waals surface area contributed by atoms with E-state index in [4.69, 9.17) is 23.2 Å². The van der Waals surface area contributed by atoms with Crippen molar-refractivity contribution in [3.8, 4) is 0 Å². The van der Waals surface area contributed by atoms with E-state index in [2.05, 4.69) is 0 Å². The third-order valence-corrected chi connectivity index (χ3v) is 6.57. The number of alkyl halides is 2. The number of hydrogen-bond donors (Lipinski definition) is 2. The molecule has 0 aromatic carbocycles. The summed E-state index contributed by atoms with van der Waals surface area (Å²) in [6.45, 7) is 3.61. The molecule has 6 unspecified atom stereocenters. The molecular weight excluding hydrogens is 327 g/mol. The molecule has 120 valence electrons. The molecule has 0 amide bonds. The zero-order chi connectivity index (χ0) is 16.5. The molecule has 0 aromatic rings. The Bertz CT molecular complexity index is 628. The second kappa shape index (κ2) is 4.67. The summed E-state index contributed by atoms with van der Waals surface area (Å²) in [7, 11) is 0. The quantitative estimate of drug-likeness (QED) is 0.587. The minimum absolute atomic E-state index is 0.277. The molecule has 0 aromatic heterocycles. The SMILES string of the molecule is CC1=CC2C(=O)C(O)(CCl)C1C1C(O)(CCl)C(=O)C=CC21C. The molecule has 0 heterocycles. The molecule has 1 fully saturated rings. The summed E-state index contributed by atoms with van der Waals surface area (Å²) < 4.78 is 0. The van der Waals surface area contributed by atoms with Crippen LogP contribution in [0.25, 0.3) is 0 Å². The molecule has 0 aliphatic heterocycles. The molecule has 2 bridgehead atoms. The van der Waals surface area contributed by atoms with Gasteiger partial charge in [0.25, 0.3) is 0 Å². The first-order valence-electron chi connectivity index (χ1n) is 7.20. The molecule has 4 aliphatic rings. The van der Waals surface area contributed by atoms with Crippen molar-refractivity contribution in [2.45, 2.75) is 25.0 Å². The minimum Gasteiger partial charge on any atom is -0.380 e. The Hall–Kier alpha value is -0.680. The Balaban J connectivity index is 2.30. The van der Waals surface area contributed by atoms with Gasteiger partial charge in [-0.1, -0.05) is 24.6 Å². The van der Waals surface area contributed by atoms with E-state index in [0.29, 0.717) is 0 Å². The largest absolute Gasteiger partial charge is 0.380 e. The van der Waals surface area contributed by atoms with E-state index < -0.39 is 40.2 Å². The number of allylic oxidation sites excluding steroid dienone is 2. The summed E-state index contributed by atoms with van der Waals surface area (Å²) in [6.07, 6.45) is 4.79. The molecule has 1 saturated carbocycles. The first kappa shape index (κ1) is 16.2. The number of ketones is 2. The van der Waals surface area contributed by atoms with Crippen LogP contribution >= 0.6 is 23.2 Å². The maximum Gasteiger partial charge on any atom is 0.188 e. The van der Waals surface area contributed by atoms with Gasteiger partial charge in [0, 0.05) is 23.2 Å². The fraction of sp³-hybridized carbons (Fsp3) is 0.625. The number of carbonyl (C=O) groups excluding carboxylic acids is 2. The molecule has 2 N–H and O–H groups in total. The van der Waals surface area contributed by atoms with Crippen LogP contribution in [0.1, 0.15) is 13.8 Å². The minimum atomic E-state index is -1.82. The van der Waals surface area contributed by atoms with Gasteiger partial charge in [0.2, 0.25) is 0 Å². The Morgan fingerprint density at radius 2 is 1.77 bits per heavy atom. The summed E-state index contributed by atoms with van der Waals surface area (Å²) in [5, 5.41) is 21.8. The second-order valence-corrected chi connectivity index (χ2v) is 7.42. The van der Waals surface area contributed by atoms with Gasteiger partial charge < -0.3 is 10.2 Å². The fourth-order valence-corrected chi connectivity index (χ4v) is 5.24. The fourth-order valence-electron chi connectivity index (χ4n) is 4.64. The number of fused-ring (bicyclic) bond motifs is 1. The molecule has 4 nitrogen and oxygen atoms in total. The molecule has 22 heavy (non-hydrogen) atoms. The Labute approximate surface area is 138 Å². The highest BCUT2D eigenvalue weighted by atomic mass is 35.5. The monoisotopic (exact) mass is 344 g/mol. The Morgan fingerprint density at radius 3 is 2.32 bits per heavy atom. The van der Waals surface area contributed by atoms with Gasteiger partial charge >= 0.3 is 0 Å². The molecule has 0 saturated heterocycles. The zero-order valence-corrected chi connectivity index (χ0v) is 13.9. The molecule has 0 spiro atoms. The van der Waals surface area contributed by atoms with Gasteiger partial charge in [-0.05, 0) is 13.0 Å². The van der Waals surface area contributed by atoms with Crippen molar-refractivity contribution in [3.05, 3.63) is 23.8 Å². The van der Waals surface area contributed by atoms with Gasteiger partial charge in [0.05, 0.1) is 11.8 Å². The van der Waals surface area contributed by atoms with Crippen LogP contribution in [0.15, 0.2) is 23.8 Å². The average molecular weight is 345 g/mol. The van der Waals surface area contributed by atoms with Crippen molar-refractivity contribution in [2.75, 3.05) is 11.8 Å². The van der Waals surface area contributed by atoms with E-state index in [1.807, 2.05) is 13.0 Å². The van der Waals surface area contributed by atoms with Crippen molar-refractivity contribution >= 4 is 34.8 Å². The number of Topliss-reactive ketones (excluding diaryl/α,β-unsaturated/α-hetero) is 1. The maximum atomic E-state index is 12.7. The van der Waals surface area contributed by atoms with Crippen molar-refractivity contribution in [2.24, 2.45) is 23.2 Å². The highest BCUT2D eigenvalue weighted by Crippen LogP contribution is 2.62. The summed E-state index contributed by atoms with van der Waals surface area (Å²) in [4.78, 5) is 25.0. The number of carbonyl (C=O) groups is 2. The van der Waals surface area contributed by atoms with E-state index in [-0.39, 0.29) is 17.5 Å². The van der Waals surface area contributed by atoms with Gasteiger partial charge in [-0.2, -0.15) is 0 Å². The summed E-state index contributed by atoms with van der Waals surface area (Å²) in [5.41, 5.74) is -3.59. The Kier molecular flexibility index (Phi) is 3.43. The van der Waals surface area contributed by atoms with E-state index >= 15 is 0 Å². The molecule has 4 rings (SSSR count). The van der Waals surface area contributed by atoms with Gasteiger partial charge in [-0.15, -0.1) is 23.2 Å². The van der Waals surface area contributed by atoms with Crippen LogP contribution in [-0.4, -0.2) is 44.7 Å². The van der Waals surface area contributed by atoms with Crippen molar-refractivity contribution in [1.29, 1.82) is 0 Å². The first-order chi connectivity index (χ1) is 10.2. The third kappa shape index (κ3) is 1.62. The molecule has 6 heteroatoms. The van der Waals surface area contributed by atoms with Crippen LogP contribution in [0.3, 0.4) is 0 Å². The summed E-state index contributed by atoms with van der Waals surface area (Å²) in [5.74, 6) is -3.47. The van der Waals surface area contributed by atoms with Gasteiger partial charge in [-0.3, -0.25) is 9.59 Å². The van der Waals surface area contributed by atoms with Gasteiger partial charge in [0.1, 0.15) is 11.2 Å². The van der Waals surface area contributed by atoms with Crippen LogP contribution in [0.5, 0.6) is 0 Å². The topological polar surface area (TPSA) is 74.6 Å². The lowest BCUT2D eigenvalue weighted by molar-refractivity contribution is -0.188. The summed E-state index contributed by atoms with van der Waals surface area (Å²) >= 11 is 11.8. The van der Waals surface area contributed by atoms with E-state index in [0.717, 1.165) is 5.57 Å². The van der Waals surface area contributed by atoms with Crippen molar-refractivity contribution < 1.29 is 19.8 Å². The average Bonchev–Trinajstić information content (AvgIpc) is 2.49. The lowest BCUT2D eigenvalue weighted by Gasteiger charge is -2.62. The molecule has 0 radical (unpaired) electrons. The highest BCUT2D eigenvalue weighted by molar-refractivity contribution is 6.22. The van der Waals surface area contributed by atoms with E-state index in [1.165, 1.54) is 6.08 Å². The summed E-state index contributed by atoms with van der Waals surface area (Å²) in [6, 6.07) is 0. The van der Waals surface area contributed by atoms with Gasteiger partial charge in [-0.25, -0.2) is 0 Å². The van der Waals surface area contributed by atoms with E-state index in [9.17, 15) is 19.8 Å². The normalized spacial score (nSPS) is 50.1. The first-order valence-corrected chi connectivity index (χ1v) is 8.26. The van der Waals surface area contributed by atoms with Crippen LogP contribution in [0, 0.1) is 23.2 Å². The van der Waals surface area contributed by atoms with Crippen LogP contribution in [0.2, 0.25) is 0 Å². The maximum absolute atomic E-state index is 12.7. The molecule has 4 aliphatic carbocycles. The van der Waals surface area contributed by atoms with Gasteiger partial charge in [0.15, 0.2) is 11.6 Å². The van der Waals surface area contributed by atoms with Crippen molar-refractivity contribution in [1.82, 2.24) is 0 Å². The van der Waals surface area contributed by atoms with E-state index in [1.54, 1.807) is 13.0 Å². The number of rotatable bonds is 2. The zero-order valence-electron chi connectivity index (χ0n) is 12.3. The lowest BCUT2D eigenvalue weighted by Crippen LogP contribution is -2.73. The number of aliphatic hydroxyl groups is 2. The predicted octanol–water partition coefficient (Wildman–Crippen LogP) is 1.46. The van der Waals surface area contributed by atoms with Crippen LogP contribution in [-0.2, 0) is 9.59 Å². The molecule has 6 atom stereocenters. The number of hydrogen-bond acceptors (Lipinski definition) is 4. The van der Waals surface area contributed by atoms with Crippen LogP contribution < -0.4 is 0 Å². The predicted molar refractivity (Wildman–Crippen MR) is 82.8 cm³/mol. The second-order valence-electron chi connectivity index (χ2n) is 6.89. The highest BCUT2D eigenvalue weighted by Gasteiger charge is 2.71.